The fraction of sp³-hybridized carbons (Fsp3) is 0.300. The van der Waals surface area contributed by atoms with E-state index in [9.17, 15) is 19.8 Å². The van der Waals surface area contributed by atoms with Gasteiger partial charge < -0.3 is 24.4 Å². The van der Waals surface area contributed by atoms with Crippen molar-refractivity contribution in [1.82, 2.24) is 0 Å². The summed E-state index contributed by atoms with van der Waals surface area (Å²) in [5, 5.41) is 19.5. The number of hydrogen-bond donors (Lipinski definition) is 2. The van der Waals surface area contributed by atoms with Gasteiger partial charge in [0.1, 0.15) is 5.41 Å². The third-order valence-electron chi connectivity index (χ3n) is 4.77. The first-order chi connectivity index (χ1) is 12.9. The van der Waals surface area contributed by atoms with Gasteiger partial charge in [-0.05, 0) is 42.8 Å². The lowest BCUT2D eigenvalue weighted by atomic mass is 9.74. The lowest BCUT2D eigenvalue weighted by Gasteiger charge is -2.25. The van der Waals surface area contributed by atoms with Gasteiger partial charge in [-0.1, -0.05) is 0 Å². The predicted octanol–water partition coefficient (Wildman–Crippen LogP) is 2.59. The maximum absolute atomic E-state index is 13.3. The number of benzene rings is 2. The fourth-order valence-corrected chi connectivity index (χ4v) is 3.22. The number of carbonyl (C=O) groups excluding carboxylic acids is 2. The minimum atomic E-state index is -1.38. The lowest BCUT2D eigenvalue weighted by molar-refractivity contribution is 0.0626. The van der Waals surface area contributed by atoms with Crippen molar-refractivity contribution in [3.05, 3.63) is 47.5 Å². The molecule has 0 radical (unpaired) electrons. The molecule has 0 aliphatic carbocycles. The maximum Gasteiger partial charge on any atom is 0.179 e. The van der Waals surface area contributed by atoms with E-state index < -0.39 is 17.0 Å². The van der Waals surface area contributed by atoms with Crippen LogP contribution in [-0.2, 0) is 4.74 Å². The number of carbonyl (C=O) groups is 2. The number of phenols is 2. The van der Waals surface area contributed by atoms with Crippen molar-refractivity contribution >= 4 is 11.6 Å². The number of aromatic hydroxyl groups is 2. The van der Waals surface area contributed by atoms with Crippen molar-refractivity contribution in [2.75, 3.05) is 27.4 Å². The molecule has 7 nitrogen and oxygen atoms in total. The van der Waals surface area contributed by atoms with E-state index in [4.69, 9.17) is 14.2 Å². The smallest absolute Gasteiger partial charge is 0.179 e. The largest absolute Gasteiger partial charge is 0.504 e. The average molecular weight is 372 g/mol. The zero-order valence-electron chi connectivity index (χ0n) is 15.0. The summed E-state index contributed by atoms with van der Waals surface area (Å²) >= 11 is 0. The average Bonchev–Trinajstić information content (AvgIpc) is 3.18. The second-order valence-electron chi connectivity index (χ2n) is 6.32. The molecule has 2 aromatic carbocycles. The van der Waals surface area contributed by atoms with Crippen LogP contribution in [0.5, 0.6) is 23.0 Å². The van der Waals surface area contributed by atoms with Crippen molar-refractivity contribution in [1.29, 1.82) is 0 Å². The van der Waals surface area contributed by atoms with Crippen molar-refractivity contribution < 1.29 is 34.0 Å². The van der Waals surface area contributed by atoms with E-state index in [0.29, 0.717) is 0 Å². The third-order valence-corrected chi connectivity index (χ3v) is 4.77. The Kier molecular flexibility index (Phi) is 5.05. The summed E-state index contributed by atoms with van der Waals surface area (Å²) in [6.07, 6.45) is 0.233. The Morgan fingerprint density at radius 2 is 1.41 bits per heavy atom. The Hall–Kier alpha value is -3.06. The predicted molar refractivity (Wildman–Crippen MR) is 95.8 cm³/mol. The molecule has 0 aromatic heterocycles. The minimum Gasteiger partial charge on any atom is -0.504 e. The summed E-state index contributed by atoms with van der Waals surface area (Å²) in [7, 11) is 2.76. The molecule has 27 heavy (non-hydrogen) atoms. The lowest BCUT2D eigenvalue weighted by Crippen LogP contribution is -2.40. The van der Waals surface area contributed by atoms with Gasteiger partial charge in [-0.25, -0.2) is 0 Å². The molecule has 1 aliphatic heterocycles. The molecule has 1 heterocycles. The van der Waals surface area contributed by atoms with Crippen LogP contribution < -0.4 is 9.47 Å². The molecule has 2 N–H and O–H groups in total. The topological polar surface area (TPSA) is 102 Å². The fourth-order valence-electron chi connectivity index (χ4n) is 3.22. The Bertz CT molecular complexity index is 814. The van der Waals surface area contributed by atoms with E-state index >= 15 is 0 Å². The van der Waals surface area contributed by atoms with E-state index in [1.807, 2.05) is 0 Å². The maximum atomic E-state index is 13.3. The quantitative estimate of drug-likeness (QED) is 0.593. The number of rotatable bonds is 6. The van der Waals surface area contributed by atoms with E-state index in [1.165, 1.54) is 50.6 Å². The highest BCUT2D eigenvalue weighted by Crippen LogP contribution is 2.39. The molecule has 1 fully saturated rings. The molecule has 2 aromatic rings. The van der Waals surface area contributed by atoms with Crippen LogP contribution in [0.2, 0.25) is 0 Å². The van der Waals surface area contributed by atoms with Crippen LogP contribution in [0.15, 0.2) is 36.4 Å². The van der Waals surface area contributed by atoms with Crippen LogP contribution in [0, 0.1) is 5.41 Å². The normalized spacial score (nSPS) is 15.3. The molecule has 1 aliphatic rings. The Morgan fingerprint density at radius 1 is 0.926 bits per heavy atom. The van der Waals surface area contributed by atoms with Crippen LogP contribution >= 0.6 is 0 Å². The molecule has 3 rings (SSSR count). The summed E-state index contributed by atoms with van der Waals surface area (Å²) < 4.78 is 15.5. The minimum absolute atomic E-state index is 0.0446. The molecular weight excluding hydrogens is 352 g/mol. The summed E-state index contributed by atoms with van der Waals surface area (Å²) in [6, 6.07) is 8.41. The van der Waals surface area contributed by atoms with Crippen LogP contribution in [0.1, 0.15) is 27.1 Å². The van der Waals surface area contributed by atoms with E-state index in [1.54, 1.807) is 0 Å². The van der Waals surface area contributed by atoms with Gasteiger partial charge in [-0.15, -0.1) is 0 Å². The highest BCUT2D eigenvalue weighted by Gasteiger charge is 2.49. The molecule has 0 spiro atoms. The van der Waals surface area contributed by atoms with Gasteiger partial charge in [0.05, 0.1) is 20.8 Å². The number of hydrogen-bond acceptors (Lipinski definition) is 7. The molecule has 0 unspecified atom stereocenters. The van der Waals surface area contributed by atoms with Crippen molar-refractivity contribution in [3.63, 3.8) is 0 Å². The number of phenolic OH excluding ortho intramolecular Hbond substituents is 2. The van der Waals surface area contributed by atoms with Crippen molar-refractivity contribution in [2.24, 2.45) is 5.41 Å². The van der Waals surface area contributed by atoms with Crippen LogP contribution in [0.4, 0.5) is 0 Å². The van der Waals surface area contributed by atoms with Crippen molar-refractivity contribution in [2.45, 2.75) is 6.42 Å². The SMILES string of the molecule is COc1cc(C(=O)C2(C(=O)c3ccc(O)c(OC)c3)CCOC2)ccc1O. The van der Waals surface area contributed by atoms with E-state index in [0.717, 1.165) is 0 Å². The summed E-state index contributed by atoms with van der Waals surface area (Å²) in [6.45, 7) is 0.235. The van der Waals surface area contributed by atoms with Gasteiger partial charge in [-0.2, -0.15) is 0 Å². The van der Waals surface area contributed by atoms with Crippen LogP contribution in [0.3, 0.4) is 0 Å². The molecule has 142 valence electrons. The van der Waals surface area contributed by atoms with E-state index in [2.05, 4.69) is 0 Å². The molecule has 7 heteroatoms. The first-order valence-corrected chi connectivity index (χ1v) is 8.34. The number of ether oxygens (including phenoxy) is 3. The van der Waals surface area contributed by atoms with Crippen molar-refractivity contribution in [3.8, 4) is 23.0 Å². The second kappa shape index (κ2) is 7.28. The number of Topliss-reactive ketones (excluding diaryl/α,β-unsaturated/α-hetero) is 2. The third kappa shape index (κ3) is 3.21. The van der Waals surface area contributed by atoms with Gasteiger partial charge in [0.25, 0.3) is 0 Å². The number of ketones is 2. The van der Waals surface area contributed by atoms with E-state index in [-0.39, 0.29) is 53.8 Å². The Labute approximate surface area is 156 Å². The molecule has 0 saturated carbocycles. The number of methoxy groups -OCH3 is 2. The van der Waals surface area contributed by atoms with Crippen LogP contribution in [0.25, 0.3) is 0 Å². The zero-order valence-corrected chi connectivity index (χ0v) is 15.0. The molecule has 1 saturated heterocycles. The molecule has 0 amide bonds. The van der Waals surface area contributed by atoms with Gasteiger partial charge in [0.2, 0.25) is 0 Å². The molecule has 0 atom stereocenters. The van der Waals surface area contributed by atoms with Gasteiger partial charge in [0.15, 0.2) is 34.6 Å². The highest BCUT2D eigenvalue weighted by atomic mass is 16.5. The van der Waals surface area contributed by atoms with Gasteiger partial charge in [0, 0.05) is 17.7 Å². The highest BCUT2D eigenvalue weighted by molar-refractivity contribution is 6.20. The Balaban J connectivity index is 2.03. The zero-order chi connectivity index (χ0) is 19.6. The summed E-state index contributed by atoms with van der Waals surface area (Å²) in [4.78, 5) is 26.5. The molecule has 0 bridgehead atoms. The molecular formula is C20H20O7. The Morgan fingerprint density at radius 3 is 1.78 bits per heavy atom. The van der Waals surface area contributed by atoms with Crippen LogP contribution in [-0.4, -0.2) is 49.2 Å². The first kappa shape index (κ1) is 18.7. The standard InChI is InChI=1S/C20H20O7/c1-25-16-9-12(3-5-14(16)21)18(23)20(7-8-27-11-20)19(24)13-4-6-15(22)17(10-13)26-2/h3-6,9-10,21-22H,7-8,11H2,1-2H3. The van der Waals surface area contributed by atoms with Gasteiger partial charge >= 0.3 is 0 Å². The van der Waals surface area contributed by atoms with Gasteiger partial charge in [-0.3, -0.25) is 9.59 Å². The summed E-state index contributed by atoms with van der Waals surface area (Å²) in [5.74, 6) is -0.714. The second-order valence-corrected chi connectivity index (χ2v) is 6.32. The monoisotopic (exact) mass is 372 g/mol. The first-order valence-electron chi connectivity index (χ1n) is 8.34. The summed E-state index contributed by atoms with van der Waals surface area (Å²) in [5.41, 5.74) is -0.896.